The van der Waals surface area contributed by atoms with Gasteiger partial charge < -0.3 is 5.32 Å². The highest BCUT2D eigenvalue weighted by Gasteiger charge is 2.49. The van der Waals surface area contributed by atoms with Crippen molar-refractivity contribution in [2.24, 2.45) is 11.3 Å². The Morgan fingerprint density at radius 2 is 2.11 bits per heavy atom. The van der Waals surface area contributed by atoms with E-state index in [4.69, 9.17) is 0 Å². The Hall–Kier alpha value is -0.890. The molecule has 100 valence electrons. The Labute approximate surface area is 110 Å². The first-order valence-electron chi connectivity index (χ1n) is 6.92. The summed E-state index contributed by atoms with van der Waals surface area (Å²) in [4.78, 5) is 0. The Kier molecular flexibility index (Phi) is 3.76. The molecule has 0 aliphatic heterocycles. The predicted molar refractivity (Wildman–Crippen MR) is 74.2 cm³/mol. The van der Waals surface area contributed by atoms with E-state index in [-0.39, 0.29) is 5.82 Å². The largest absolute Gasteiger partial charge is 0.314 e. The van der Waals surface area contributed by atoms with Crippen LogP contribution < -0.4 is 5.32 Å². The van der Waals surface area contributed by atoms with E-state index in [2.05, 4.69) is 33.0 Å². The molecule has 0 aromatic heterocycles. The van der Waals surface area contributed by atoms with Gasteiger partial charge in [-0.2, -0.15) is 0 Å². The van der Waals surface area contributed by atoms with Crippen LogP contribution in [0.3, 0.4) is 0 Å². The van der Waals surface area contributed by atoms with Crippen LogP contribution in [0.25, 0.3) is 0 Å². The minimum atomic E-state index is -0.124. The van der Waals surface area contributed by atoms with Gasteiger partial charge in [-0.05, 0) is 60.9 Å². The van der Waals surface area contributed by atoms with Crippen molar-refractivity contribution in [3.05, 3.63) is 35.1 Å². The molecule has 0 bridgehead atoms. The van der Waals surface area contributed by atoms with Crippen LogP contribution in [0.1, 0.15) is 38.3 Å². The number of aryl methyl sites for hydroxylation is 1. The fourth-order valence-corrected chi connectivity index (χ4v) is 2.91. The monoisotopic (exact) mass is 249 g/mol. The number of benzene rings is 1. The highest BCUT2D eigenvalue weighted by Crippen LogP contribution is 2.54. The summed E-state index contributed by atoms with van der Waals surface area (Å²) in [7, 11) is 0. The second kappa shape index (κ2) is 5.00. The fraction of sp³-hybridized carbons (Fsp3) is 0.625. The number of hydrogen-bond donors (Lipinski definition) is 1. The molecular weight excluding hydrogens is 225 g/mol. The van der Waals surface area contributed by atoms with Gasteiger partial charge in [0.25, 0.3) is 0 Å². The van der Waals surface area contributed by atoms with E-state index in [1.807, 2.05) is 6.07 Å². The van der Waals surface area contributed by atoms with Crippen LogP contribution in [0.15, 0.2) is 18.2 Å². The second-order valence-corrected chi connectivity index (χ2v) is 6.24. The molecule has 1 aliphatic carbocycles. The number of nitrogens with one attached hydrogen (secondary N) is 1. The maximum Gasteiger partial charge on any atom is 0.123 e. The summed E-state index contributed by atoms with van der Waals surface area (Å²) >= 11 is 0. The summed E-state index contributed by atoms with van der Waals surface area (Å²) in [5.74, 6) is 0.598. The highest BCUT2D eigenvalue weighted by atomic mass is 19.1. The molecule has 1 nitrogen and oxygen atoms in total. The third-order valence-corrected chi connectivity index (χ3v) is 4.29. The van der Waals surface area contributed by atoms with Gasteiger partial charge in [-0.3, -0.25) is 0 Å². The van der Waals surface area contributed by atoms with Gasteiger partial charge in [0, 0.05) is 6.04 Å². The molecule has 1 saturated carbocycles. The third-order valence-electron chi connectivity index (χ3n) is 4.29. The Morgan fingerprint density at radius 1 is 1.44 bits per heavy atom. The minimum Gasteiger partial charge on any atom is -0.314 e. The van der Waals surface area contributed by atoms with Gasteiger partial charge in [-0.1, -0.05) is 26.8 Å². The van der Waals surface area contributed by atoms with Crippen LogP contribution in [0.4, 0.5) is 4.39 Å². The van der Waals surface area contributed by atoms with Crippen molar-refractivity contribution in [3.63, 3.8) is 0 Å². The molecule has 0 saturated heterocycles. The molecule has 1 aromatic rings. The molecule has 2 unspecified atom stereocenters. The van der Waals surface area contributed by atoms with Crippen LogP contribution in [0.5, 0.6) is 0 Å². The van der Waals surface area contributed by atoms with Crippen molar-refractivity contribution in [2.45, 2.75) is 46.6 Å². The lowest BCUT2D eigenvalue weighted by molar-refractivity contribution is 0.408. The topological polar surface area (TPSA) is 12.0 Å². The van der Waals surface area contributed by atoms with Gasteiger partial charge in [0.2, 0.25) is 0 Å². The van der Waals surface area contributed by atoms with E-state index < -0.39 is 0 Å². The van der Waals surface area contributed by atoms with E-state index in [0.717, 1.165) is 24.4 Å². The van der Waals surface area contributed by atoms with Crippen molar-refractivity contribution in [1.29, 1.82) is 0 Å². The average molecular weight is 249 g/mol. The number of halogens is 1. The molecule has 0 amide bonds. The van der Waals surface area contributed by atoms with Crippen molar-refractivity contribution >= 4 is 0 Å². The Bertz CT molecular complexity index is 425. The maximum atomic E-state index is 13.3. The van der Waals surface area contributed by atoms with Gasteiger partial charge in [0.1, 0.15) is 5.82 Å². The minimum absolute atomic E-state index is 0.124. The molecule has 2 heteroatoms. The second-order valence-electron chi connectivity index (χ2n) is 6.24. The Morgan fingerprint density at radius 3 is 2.67 bits per heavy atom. The summed E-state index contributed by atoms with van der Waals surface area (Å²) in [5, 5.41) is 3.57. The quantitative estimate of drug-likeness (QED) is 0.839. The lowest BCUT2D eigenvalue weighted by Crippen LogP contribution is -2.34. The lowest BCUT2D eigenvalue weighted by atomic mass is 9.95. The zero-order valence-corrected chi connectivity index (χ0v) is 11.9. The number of rotatable bonds is 5. The van der Waals surface area contributed by atoms with Gasteiger partial charge >= 0.3 is 0 Å². The first-order chi connectivity index (χ1) is 8.44. The summed E-state index contributed by atoms with van der Waals surface area (Å²) in [5.41, 5.74) is 2.79. The summed E-state index contributed by atoms with van der Waals surface area (Å²) in [6, 6.07) is 5.59. The summed E-state index contributed by atoms with van der Waals surface area (Å²) < 4.78 is 13.3. The van der Waals surface area contributed by atoms with E-state index in [0.29, 0.717) is 11.5 Å². The van der Waals surface area contributed by atoms with Crippen molar-refractivity contribution < 1.29 is 4.39 Å². The molecule has 1 aliphatic rings. The molecule has 0 heterocycles. The number of hydrogen-bond acceptors (Lipinski definition) is 1. The molecule has 18 heavy (non-hydrogen) atoms. The predicted octanol–water partition coefficient (Wildman–Crippen LogP) is 3.70. The fourth-order valence-electron chi connectivity index (χ4n) is 2.91. The molecular formula is C16H24FN. The first-order valence-corrected chi connectivity index (χ1v) is 6.92. The molecule has 0 radical (unpaired) electrons. The van der Waals surface area contributed by atoms with Gasteiger partial charge in [0.05, 0.1) is 0 Å². The standard InChI is InChI=1S/C16H24FN/c1-5-18-15(14-10-16(14,3)4)9-12-8-13(17)7-6-11(12)2/h6-8,14-15,18H,5,9-10H2,1-4H3. The van der Waals surface area contributed by atoms with E-state index in [1.54, 1.807) is 12.1 Å². The highest BCUT2D eigenvalue weighted by molar-refractivity contribution is 5.28. The van der Waals surface area contributed by atoms with E-state index in [9.17, 15) is 4.39 Å². The summed E-state index contributed by atoms with van der Waals surface area (Å²) in [6.45, 7) is 9.82. The molecule has 1 aromatic carbocycles. The normalized spacial score (nSPS) is 22.8. The van der Waals surface area contributed by atoms with Crippen molar-refractivity contribution in [3.8, 4) is 0 Å². The molecule has 0 spiro atoms. The van der Waals surface area contributed by atoms with Crippen LogP contribution >= 0.6 is 0 Å². The van der Waals surface area contributed by atoms with Gasteiger partial charge in [-0.25, -0.2) is 4.39 Å². The number of likely N-dealkylation sites (N-methyl/N-ethyl adjacent to an activating group) is 1. The molecule has 1 fully saturated rings. The smallest absolute Gasteiger partial charge is 0.123 e. The van der Waals surface area contributed by atoms with Crippen LogP contribution in [0, 0.1) is 24.1 Å². The maximum absolute atomic E-state index is 13.3. The Balaban J connectivity index is 2.11. The molecule has 2 rings (SSSR count). The molecule has 2 atom stereocenters. The molecule has 1 N–H and O–H groups in total. The van der Waals surface area contributed by atoms with Crippen LogP contribution in [-0.2, 0) is 6.42 Å². The first kappa shape index (κ1) is 13.5. The average Bonchev–Trinajstić information content (AvgIpc) is 2.92. The summed E-state index contributed by atoms with van der Waals surface area (Å²) in [6.07, 6.45) is 2.21. The van der Waals surface area contributed by atoms with Crippen molar-refractivity contribution in [1.82, 2.24) is 5.32 Å². The zero-order chi connectivity index (χ0) is 13.3. The van der Waals surface area contributed by atoms with E-state index in [1.165, 1.54) is 12.0 Å². The SMILES string of the molecule is CCNC(Cc1cc(F)ccc1C)C1CC1(C)C. The van der Waals surface area contributed by atoms with Gasteiger partial charge in [-0.15, -0.1) is 0 Å². The van der Waals surface area contributed by atoms with Crippen LogP contribution in [-0.4, -0.2) is 12.6 Å². The van der Waals surface area contributed by atoms with E-state index >= 15 is 0 Å². The van der Waals surface area contributed by atoms with Gasteiger partial charge in [0.15, 0.2) is 0 Å². The lowest BCUT2D eigenvalue weighted by Gasteiger charge is -2.21. The zero-order valence-electron chi connectivity index (χ0n) is 11.9. The van der Waals surface area contributed by atoms with Crippen LogP contribution in [0.2, 0.25) is 0 Å². The van der Waals surface area contributed by atoms with Crippen molar-refractivity contribution in [2.75, 3.05) is 6.54 Å². The third kappa shape index (κ3) is 2.92.